The number of hydrogen-bond donors (Lipinski definition) is 1. The molecule has 0 aliphatic carbocycles. The highest BCUT2D eigenvalue weighted by atomic mass is 32.1. The number of benzene rings is 1. The van der Waals surface area contributed by atoms with E-state index < -0.39 is 6.04 Å². The number of anilines is 1. The van der Waals surface area contributed by atoms with Gasteiger partial charge in [-0.3, -0.25) is 14.6 Å². The summed E-state index contributed by atoms with van der Waals surface area (Å²) >= 11 is 1.50. The summed E-state index contributed by atoms with van der Waals surface area (Å²) in [5.74, 6) is -0.386. The second-order valence-corrected chi connectivity index (χ2v) is 8.10. The van der Waals surface area contributed by atoms with Crippen LogP contribution in [-0.4, -0.2) is 44.5 Å². The van der Waals surface area contributed by atoms with Crippen LogP contribution in [0.4, 0.5) is 5.69 Å². The third-order valence-corrected chi connectivity index (χ3v) is 5.74. The number of piperidine rings is 1. The molecule has 2 amide bonds. The van der Waals surface area contributed by atoms with Gasteiger partial charge in [0.25, 0.3) is 5.91 Å². The van der Waals surface area contributed by atoms with Gasteiger partial charge in [0.2, 0.25) is 5.91 Å². The molecule has 1 N–H and O–H groups in total. The molecule has 3 aromatic rings. The Hall–Kier alpha value is -3.13. The number of rotatable bonds is 4. The summed E-state index contributed by atoms with van der Waals surface area (Å²) in [7, 11) is 0. The zero-order chi connectivity index (χ0) is 20.2. The van der Waals surface area contributed by atoms with Crippen molar-refractivity contribution < 1.29 is 9.59 Å². The Morgan fingerprint density at radius 3 is 2.79 bits per heavy atom. The minimum Gasteiger partial charge on any atom is -0.325 e. The second-order valence-electron chi connectivity index (χ2n) is 6.92. The van der Waals surface area contributed by atoms with Crippen molar-refractivity contribution in [1.29, 1.82) is 0 Å². The normalized spacial score (nSPS) is 16.4. The van der Waals surface area contributed by atoms with E-state index in [9.17, 15) is 9.59 Å². The Balaban J connectivity index is 1.51. The molecule has 2 aromatic heterocycles. The van der Waals surface area contributed by atoms with Crippen LogP contribution in [-0.2, 0) is 4.79 Å². The van der Waals surface area contributed by atoms with Gasteiger partial charge in [0, 0.05) is 24.0 Å². The van der Waals surface area contributed by atoms with Gasteiger partial charge in [-0.05, 0) is 50.5 Å². The number of pyridine rings is 1. The second kappa shape index (κ2) is 8.48. The van der Waals surface area contributed by atoms with E-state index in [4.69, 9.17) is 0 Å². The maximum Gasteiger partial charge on any atom is 0.273 e. The van der Waals surface area contributed by atoms with Crippen LogP contribution >= 0.6 is 11.3 Å². The minimum atomic E-state index is -0.509. The highest BCUT2D eigenvalue weighted by molar-refractivity contribution is 7.14. The van der Waals surface area contributed by atoms with Crippen molar-refractivity contribution >= 4 is 28.8 Å². The summed E-state index contributed by atoms with van der Waals surface area (Å²) in [6.07, 6.45) is 4.02. The topological polar surface area (TPSA) is 88.1 Å². The van der Waals surface area contributed by atoms with Crippen LogP contribution in [0.1, 0.15) is 34.8 Å². The van der Waals surface area contributed by atoms with E-state index in [-0.39, 0.29) is 11.8 Å². The van der Waals surface area contributed by atoms with Crippen molar-refractivity contribution in [2.75, 3.05) is 11.9 Å². The molecule has 7 nitrogen and oxygen atoms in total. The zero-order valence-corrected chi connectivity index (χ0v) is 16.9. The lowest BCUT2D eigenvalue weighted by molar-refractivity contribution is -0.121. The number of nitrogens with one attached hydrogen (secondary N) is 1. The summed E-state index contributed by atoms with van der Waals surface area (Å²) in [4.78, 5) is 31.7. The number of carbonyl (C=O) groups excluding carboxylic acids is 2. The van der Waals surface area contributed by atoms with Crippen LogP contribution in [0.25, 0.3) is 10.6 Å². The van der Waals surface area contributed by atoms with E-state index in [1.54, 1.807) is 29.3 Å². The molecule has 148 valence electrons. The molecule has 0 saturated carbocycles. The number of hydrogen-bond acceptors (Lipinski definition) is 6. The quantitative estimate of drug-likeness (QED) is 0.715. The average molecular weight is 407 g/mol. The minimum absolute atomic E-state index is 0.181. The molecule has 4 rings (SSSR count). The van der Waals surface area contributed by atoms with E-state index in [0.717, 1.165) is 28.4 Å². The van der Waals surface area contributed by atoms with Crippen LogP contribution in [0.3, 0.4) is 0 Å². The summed E-state index contributed by atoms with van der Waals surface area (Å²) in [5.41, 5.74) is 1.94. The number of amides is 2. The molecule has 8 heteroatoms. The van der Waals surface area contributed by atoms with Crippen molar-refractivity contribution in [3.8, 4) is 10.6 Å². The number of carbonyl (C=O) groups is 2. The fourth-order valence-electron chi connectivity index (χ4n) is 3.45. The van der Waals surface area contributed by atoms with Gasteiger partial charge in [-0.1, -0.05) is 29.5 Å². The lowest BCUT2D eigenvalue weighted by Gasteiger charge is -2.34. The Morgan fingerprint density at radius 2 is 2.03 bits per heavy atom. The standard InChI is InChI=1S/C21H21N5O2S/c1-14-24-25-20(29-14)15-7-6-8-16(13-15)23-19(27)18-10-3-5-12-26(18)21(28)17-9-2-4-11-22-17/h2,4,6-9,11,13,18H,3,5,10,12H2,1H3,(H,23,27)/t18-/m1/s1. The van der Waals surface area contributed by atoms with Crippen LogP contribution in [0.5, 0.6) is 0 Å². The van der Waals surface area contributed by atoms with E-state index in [1.807, 2.05) is 31.2 Å². The Kier molecular flexibility index (Phi) is 5.62. The first kappa shape index (κ1) is 19.2. The molecule has 0 bridgehead atoms. The van der Waals surface area contributed by atoms with E-state index >= 15 is 0 Å². The average Bonchev–Trinajstić information content (AvgIpc) is 3.20. The van der Waals surface area contributed by atoms with Crippen LogP contribution in [0.2, 0.25) is 0 Å². The predicted octanol–water partition coefficient (Wildman–Crippen LogP) is 3.54. The lowest BCUT2D eigenvalue weighted by Crippen LogP contribution is -2.50. The molecule has 3 heterocycles. The highest BCUT2D eigenvalue weighted by Crippen LogP contribution is 2.26. The van der Waals surface area contributed by atoms with Gasteiger partial charge in [0.15, 0.2) is 0 Å². The molecule has 1 fully saturated rings. The van der Waals surface area contributed by atoms with E-state index in [2.05, 4.69) is 20.5 Å². The molecular formula is C21H21N5O2S. The molecule has 0 radical (unpaired) electrons. The first-order valence-electron chi connectivity index (χ1n) is 9.55. The fourth-order valence-corrected chi connectivity index (χ4v) is 4.14. The van der Waals surface area contributed by atoms with Crippen molar-refractivity contribution in [2.45, 2.75) is 32.2 Å². The van der Waals surface area contributed by atoms with Crippen LogP contribution in [0, 0.1) is 6.92 Å². The predicted molar refractivity (Wildman–Crippen MR) is 112 cm³/mol. The van der Waals surface area contributed by atoms with Crippen molar-refractivity contribution in [3.05, 3.63) is 59.4 Å². The third kappa shape index (κ3) is 4.32. The zero-order valence-electron chi connectivity index (χ0n) is 16.0. The molecule has 1 aromatic carbocycles. The van der Waals surface area contributed by atoms with Crippen LogP contribution < -0.4 is 5.32 Å². The number of likely N-dealkylation sites (tertiary alicyclic amines) is 1. The number of nitrogens with zero attached hydrogens (tertiary/aromatic N) is 4. The fraction of sp³-hybridized carbons (Fsp3) is 0.286. The Bertz CT molecular complexity index is 1020. The summed E-state index contributed by atoms with van der Waals surface area (Å²) in [5, 5.41) is 12.9. The molecule has 0 unspecified atom stereocenters. The van der Waals surface area contributed by atoms with Crippen molar-refractivity contribution in [3.63, 3.8) is 0 Å². The smallest absolute Gasteiger partial charge is 0.273 e. The monoisotopic (exact) mass is 407 g/mol. The summed E-state index contributed by atoms with van der Waals surface area (Å²) < 4.78 is 0. The molecule has 0 spiro atoms. The number of aromatic nitrogens is 3. The van der Waals surface area contributed by atoms with Crippen molar-refractivity contribution in [1.82, 2.24) is 20.1 Å². The van der Waals surface area contributed by atoms with Gasteiger partial charge in [0.1, 0.15) is 21.8 Å². The highest BCUT2D eigenvalue weighted by Gasteiger charge is 2.33. The van der Waals surface area contributed by atoms with Gasteiger partial charge in [-0.2, -0.15) is 0 Å². The molecule has 1 atom stereocenters. The molecular weight excluding hydrogens is 386 g/mol. The van der Waals surface area contributed by atoms with E-state index in [1.165, 1.54) is 11.3 Å². The SMILES string of the molecule is Cc1nnc(-c2cccc(NC(=O)[C@H]3CCCCN3C(=O)c3ccccn3)c2)s1. The Morgan fingerprint density at radius 1 is 1.14 bits per heavy atom. The lowest BCUT2D eigenvalue weighted by atomic mass is 10.0. The van der Waals surface area contributed by atoms with Gasteiger partial charge in [-0.15, -0.1) is 10.2 Å². The maximum atomic E-state index is 13.0. The van der Waals surface area contributed by atoms with Crippen LogP contribution in [0.15, 0.2) is 48.7 Å². The summed E-state index contributed by atoms with van der Waals surface area (Å²) in [6.45, 7) is 2.46. The first-order valence-corrected chi connectivity index (χ1v) is 10.4. The van der Waals surface area contributed by atoms with Gasteiger partial charge >= 0.3 is 0 Å². The molecule has 1 aliphatic heterocycles. The third-order valence-electron chi connectivity index (χ3n) is 4.85. The Labute approximate surface area is 172 Å². The van der Waals surface area contributed by atoms with Gasteiger partial charge in [-0.25, -0.2) is 0 Å². The van der Waals surface area contributed by atoms with Gasteiger partial charge < -0.3 is 10.2 Å². The maximum absolute atomic E-state index is 13.0. The first-order chi connectivity index (χ1) is 14.1. The molecule has 1 aliphatic rings. The molecule has 29 heavy (non-hydrogen) atoms. The summed E-state index contributed by atoms with van der Waals surface area (Å²) in [6, 6.07) is 12.2. The van der Waals surface area contributed by atoms with E-state index in [0.29, 0.717) is 24.3 Å². The number of aryl methyl sites for hydroxylation is 1. The molecule has 1 saturated heterocycles. The largest absolute Gasteiger partial charge is 0.325 e. The van der Waals surface area contributed by atoms with Gasteiger partial charge in [0.05, 0.1) is 0 Å². The van der Waals surface area contributed by atoms with Crippen molar-refractivity contribution in [2.24, 2.45) is 0 Å².